The second-order valence-electron chi connectivity index (χ2n) is 13.9. The van der Waals surface area contributed by atoms with E-state index in [0.717, 1.165) is 51.4 Å². The standard InChI is InChI=1S/C49H31N3/c1-3-14-40-38(12-1)39-13-2-4-15-41(39)46-45(40)43-16-5-6-17-44(43)52-47(46)35-10-7-9-32(27-35)33-20-18-30-19-21-34(29-36(30)28-33)37-24-26-51-49-42(37)23-22-31-11-8-25-50-48(31)49/h1-18,20,22-29H,19,21H2. The quantitative estimate of drug-likeness (QED) is 0.177. The van der Waals surface area contributed by atoms with Crippen molar-refractivity contribution in [2.75, 3.05) is 0 Å². The van der Waals surface area contributed by atoms with Gasteiger partial charge in [0, 0.05) is 44.9 Å². The number of benzene rings is 7. The Morgan fingerprint density at radius 2 is 1.17 bits per heavy atom. The van der Waals surface area contributed by atoms with E-state index in [1.807, 2.05) is 18.5 Å². The van der Waals surface area contributed by atoms with Gasteiger partial charge in [0.1, 0.15) is 0 Å². The van der Waals surface area contributed by atoms with Crippen LogP contribution in [-0.2, 0) is 6.42 Å². The largest absolute Gasteiger partial charge is 0.254 e. The monoisotopic (exact) mass is 661 g/mol. The van der Waals surface area contributed by atoms with Crippen LogP contribution in [0, 0.1) is 0 Å². The average molecular weight is 662 g/mol. The summed E-state index contributed by atoms with van der Waals surface area (Å²) in [6.07, 6.45) is 8.17. The van der Waals surface area contributed by atoms with Crippen LogP contribution in [0.1, 0.15) is 23.1 Å². The first-order chi connectivity index (χ1) is 25.8. The number of fused-ring (bicyclic) bond motifs is 12. The van der Waals surface area contributed by atoms with Crippen LogP contribution in [0.3, 0.4) is 0 Å². The predicted octanol–water partition coefficient (Wildman–Crippen LogP) is 12.6. The number of hydrogen-bond acceptors (Lipinski definition) is 3. The smallest absolute Gasteiger partial charge is 0.0970 e. The van der Waals surface area contributed by atoms with Crippen LogP contribution in [0.4, 0.5) is 0 Å². The fourth-order valence-corrected chi connectivity index (χ4v) is 8.59. The van der Waals surface area contributed by atoms with Crippen molar-refractivity contribution in [3.05, 3.63) is 175 Å². The molecule has 0 aliphatic heterocycles. The number of allylic oxidation sites excluding steroid dienone is 1. The van der Waals surface area contributed by atoms with Crippen molar-refractivity contribution in [2.24, 2.45) is 0 Å². The number of nitrogens with zero attached hydrogens (tertiary/aromatic N) is 3. The highest BCUT2D eigenvalue weighted by molar-refractivity contribution is 6.33. The number of aromatic nitrogens is 3. The molecule has 52 heavy (non-hydrogen) atoms. The molecule has 0 unspecified atom stereocenters. The molecule has 0 fully saturated rings. The minimum Gasteiger partial charge on any atom is -0.254 e. The Balaban J connectivity index is 1.07. The van der Waals surface area contributed by atoms with Gasteiger partial charge in [-0.1, -0.05) is 121 Å². The van der Waals surface area contributed by atoms with Crippen molar-refractivity contribution in [1.29, 1.82) is 0 Å². The summed E-state index contributed by atoms with van der Waals surface area (Å²) in [6, 6.07) is 52.7. The van der Waals surface area contributed by atoms with E-state index < -0.39 is 0 Å². The Morgan fingerprint density at radius 1 is 0.442 bits per heavy atom. The lowest BCUT2D eigenvalue weighted by molar-refractivity contribution is 1.00. The van der Waals surface area contributed by atoms with Crippen molar-refractivity contribution in [1.82, 2.24) is 15.0 Å². The molecule has 11 rings (SSSR count). The van der Waals surface area contributed by atoms with Crippen LogP contribution < -0.4 is 0 Å². The normalized spacial score (nSPS) is 13.0. The Morgan fingerprint density at radius 3 is 2.04 bits per heavy atom. The van der Waals surface area contributed by atoms with Gasteiger partial charge in [0.15, 0.2) is 0 Å². The maximum Gasteiger partial charge on any atom is 0.0970 e. The molecule has 1 aliphatic rings. The maximum atomic E-state index is 5.40. The summed E-state index contributed by atoms with van der Waals surface area (Å²) in [5.74, 6) is 0. The first kappa shape index (κ1) is 29.1. The van der Waals surface area contributed by atoms with Gasteiger partial charge >= 0.3 is 0 Å². The Hall–Kier alpha value is -6.71. The van der Waals surface area contributed by atoms with Crippen molar-refractivity contribution >= 4 is 76.7 Å². The van der Waals surface area contributed by atoms with Gasteiger partial charge in [-0.3, -0.25) is 9.97 Å². The van der Waals surface area contributed by atoms with Gasteiger partial charge in [0.05, 0.1) is 22.2 Å². The van der Waals surface area contributed by atoms with E-state index in [2.05, 4.69) is 151 Å². The van der Waals surface area contributed by atoms with Crippen LogP contribution in [-0.4, -0.2) is 15.0 Å². The van der Waals surface area contributed by atoms with Gasteiger partial charge in [-0.15, -0.1) is 0 Å². The minimum atomic E-state index is 0.954. The molecular weight excluding hydrogens is 631 g/mol. The topological polar surface area (TPSA) is 38.7 Å². The van der Waals surface area contributed by atoms with Crippen molar-refractivity contribution in [3.8, 4) is 22.4 Å². The van der Waals surface area contributed by atoms with E-state index in [-0.39, 0.29) is 0 Å². The highest BCUT2D eigenvalue weighted by Gasteiger charge is 2.19. The highest BCUT2D eigenvalue weighted by atomic mass is 14.7. The first-order valence-corrected chi connectivity index (χ1v) is 18.0. The molecule has 242 valence electrons. The molecule has 3 heteroatoms. The molecule has 0 bridgehead atoms. The first-order valence-electron chi connectivity index (χ1n) is 18.0. The van der Waals surface area contributed by atoms with Crippen LogP contribution in [0.15, 0.2) is 158 Å². The van der Waals surface area contributed by atoms with Gasteiger partial charge < -0.3 is 0 Å². The lowest BCUT2D eigenvalue weighted by Gasteiger charge is -2.19. The number of hydrogen-bond donors (Lipinski definition) is 0. The van der Waals surface area contributed by atoms with E-state index in [1.54, 1.807) is 0 Å². The molecule has 3 nitrogen and oxygen atoms in total. The van der Waals surface area contributed by atoms with E-state index in [0.29, 0.717) is 0 Å². The van der Waals surface area contributed by atoms with Crippen LogP contribution in [0.5, 0.6) is 0 Å². The molecule has 0 radical (unpaired) electrons. The molecule has 0 amide bonds. The van der Waals surface area contributed by atoms with E-state index in [4.69, 9.17) is 9.97 Å². The van der Waals surface area contributed by atoms with E-state index >= 15 is 0 Å². The fourth-order valence-electron chi connectivity index (χ4n) is 8.59. The van der Waals surface area contributed by atoms with Crippen LogP contribution >= 0.6 is 0 Å². The lowest BCUT2D eigenvalue weighted by Crippen LogP contribution is -2.00. The minimum absolute atomic E-state index is 0.954. The molecule has 0 spiro atoms. The number of aryl methyl sites for hydroxylation is 1. The number of para-hydroxylation sites is 1. The molecule has 1 aliphatic carbocycles. The molecule has 0 N–H and O–H groups in total. The predicted molar refractivity (Wildman–Crippen MR) is 218 cm³/mol. The molecule has 10 aromatic rings. The number of pyridine rings is 3. The van der Waals surface area contributed by atoms with E-state index in [9.17, 15) is 0 Å². The Kier molecular flexibility index (Phi) is 6.38. The molecule has 7 aromatic carbocycles. The van der Waals surface area contributed by atoms with Gasteiger partial charge in [-0.2, -0.15) is 0 Å². The third-order valence-corrected chi connectivity index (χ3v) is 11.0. The molecule has 0 atom stereocenters. The molecule has 3 heterocycles. The molecule has 3 aromatic heterocycles. The maximum absolute atomic E-state index is 5.40. The van der Waals surface area contributed by atoms with E-state index in [1.165, 1.54) is 71.1 Å². The van der Waals surface area contributed by atoms with Crippen LogP contribution in [0.2, 0.25) is 0 Å². The van der Waals surface area contributed by atoms with Gasteiger partial charge in [0.25, 0.3) is 0 Å². The zero-order chi connectivity index (χ0) is 34.2. The Labute approximate surface area is 300 Å². The third-order valence-electron chi connectivity index (χ3n) is 11.0. The van der Waals surface area contributed by atoms with Crippen molar-refractivity contribution < 1.29 is 0 Å². The zero-order valence-corrected chi connectivity index (χ0v) is 28.3. The summed E-state index contributed by atoms with van der Waals surface area (Å²) in [5.41, 5.74) is 12.7. The highest BCUT2D eigenvalue weighted by Crippen LogP contribution is 2.43. The van der Waals surface area contributed by atoms with Crippen molar-refractivity contribution in [2.45, 2.75) is 12.8 Å². The SMILES string of the molecule is C1=C(c2ccnc3c2ccc2cccnc23)CCc2ccc(-c3cccc(-c4nc5ccccc5c5c6ccccc6c6ccccc6c45)c3)cc21. The number of rotatable bonds is 3. The molecule has 0 saturated heterocycles. The van der Waals surface area contributed by atoms with Crippen LogP contribution in [0.25, 0.3) is 99.1 Å². The van der Waals surface area contributed by atoms with Gasteiger partial charge in [-0.05, 0) is 98.1 Å². The van der Waals surface area contributed by atoms with Crippen molar-refractivity contribution in [3.63, 3.8) is 0 Å². The van der Waals surface area contributed by atoms with Gasteiger partial charge in [-0.25, -0.2) is 4.98 Å². The summed E-state index contributed by atoms with van der Waals surface area (Å²) >= 11 is 0. The summed E-state index contributed by atoms with van der Waals surface area (Å²) in [4.78, 5) is 14.9. The molecule has 0 saturated carbocycles. The second kappa shape index (κ2) is 11.4. The summed E-state index contributed by atoms with van der Waals surface area (Å²) < 4.78 is 0. The third kappa shape index (κ3) is 4.42. The molecular formula is C49H31N3. The fraction of sp³-hybridized carbons (Fsp3) is 0.0408. The zero-order valence-electron chi connectivity index (χ0n) is 28.3. The average Bonchev–Trinajstić information content (AvgIpc) is 3.22. The van der Waals surface area contributed by atoms with Gasteiger partial charge in [0.2, 0.25) is 0 Å². The second-order valence-corrected chi connectivity index (χ2v) is 13.9. The Bertz CT molecular complexity index is 3140. The lowest BCUT2D eigenvalue weighted by atomic mass is 9.85. The summed E-state index contributed by atoms with van der Waals surface area (Å²) in [6.45, 7) is 0. The summed E-state index contributed by atoms with van der Waals surface area (Å²) in [5, 5.41) is 10.9. The summed E-state index contributed by atoms with van der Waals surface area (Å²) in [7, 11) is 0.